The van der Waals surface area contributed by atoms with Crippen LogP contribution >= 0.6 is 11.3 Å². The van der Waals surface area contributed by atoms with Crippen LogP contribution in [0.3, 0.4) is 0 Å². The molecule has 2 aromatic carbocycles. The minimum absolute atomic E-state index is 0.0334. The van der Waals surface area contributed by atoms with E-state index in [1.807, 2.05) is 61.0 Å². The Morgan fingerprint density at radius 3 is 2.46 bits per heavy atom. The summed E-state index contributed by atoms with van der Waals surface area (Å²) >= 11 is 1.66. The van der Waals surface area contributed by atoms with Crippen LogP contribution in [0.5, 0.6) is 0 Å². The number of thiazole rings is 1. The summed E-state index contributed by atoms with van der Waals surface area (Å²) in [6.07, 6.45) is 1.84. The molecule has 0 bridgehead atoms. The molecule has 5 nitrogen and oxygen atoms in total. The van der Waals surface area contributed by atoms with Gasteiger partial charge in [0.25, 0.3) is 0 Å². The Bertz CT molecular complexity index is 905. The van der Waals surface area contributed by atoms with Gasteiger partial charge in [0.2, 0.25) is 5.91 Å². The maximum atomic E-state index is 12.9. The van der Waals surface area contributed by atoms with E-state index in [2.05, 4.69) is 32.2 Å². The van der Waals surface area contributed by atoms with E-state index in [9.17, 15) is 4.79 Å². The van der Waals surface area contributed by atoms with Gasteiger partial charge >= 0.3 is 0 Å². The molecule has 1 saturated heterocycles. The molecule has 28 heavy (non-hydrogen) atoms. The largest absolute Gasteiger partial charge is 0.346 e. The molecule has 0 radical (unpaired) electrons. The summed E-state index contributed by atoms with van der Waals surface area (Å²) in [5.74, 6) is 0.0334. The third kappa shape index (κ3) is 4.08. The molecule has 4 rings (SSSR count). The van der Waals surface area contributed by atoms with Gasteiger partial charge in [0.1, 0.15) is 0 Å². The Kier molecular flexibility index (Phi) is 5.69. The number of hydrogen-bond donors (Lipinski definition) is 1. The summed E-state index contributed by atoms with van der Waals surface area (Å²) in [7, 11) is 0. The molecule has 1 amide bonds. The third-order valence-corrected chi connectivity index (χ3v) is 6.03. The summed E-state index contributed by atoms with van der Waals surface area (Å²) in [5.41, 5.74) is 2.99. The van der Waals surface area contributed by atoms with Crippen molar-refractivity contribution in [3.05, 3.63) is 66.2 Å². The first-order valence-corrected chi connectivity index (χ1v) is 10.4. The number of aromatic nitrogens is 1. The van der Waals surface area contributed by atoms with Crippen molar-refractivity contribution in [2.24, 2.45) is 0 Å². The fraction of sp³-hybridized carbons (Fsp3) is 0.273. The van der Waals surface area contributed by atoms with Gasteiger partial charge in [0, 0.05) is 49.0 Å². The summed E-state index contributed by atoms with van der Waals surface area (Å²) < 4.78 is 0. The van der Waals surface area contributed by atoms with Gasteiger partial charge in [0.05, 0.1) is 6.04 Å². The lowest BCUT2D eigenvalue weighted by molar-refractivity contribution is -0.120. The number of benzene rings is 2. The predicted octanol–water partition coefficient (Wildman–Crippen LogP) is 3.96. The normalized spacial score (nSPS) is 16.0. The van der Waals surface area contributed by atoms with Crippen molar-refractivity contribution in [2.75, 3.05) is 36.4 Å². The fourth-order valence-electron chi connectivity index (χ4n) is 3.54. The highest BCUT2D eigenvalue weighted by atomic mass is 32.1. The molecule has 6 heteroatoms. The van der Waals surface area contributed by atoms with E-state index >= 15 is 0 Å². The highest BCUT2D eigenvalue weighted by Crippen LogP contribution is 2.28. The van der Waals surface area contributed by atoms with Crippen LogP contribution in [0, 0.1) is 0 Å². The summed E-state index contributed by atoms with van der Waals surface area (Å²) in [4.78, 5) is 21.8. The van der Waals surface area contributed by atoms with Gasteiger partial charge in [0.15, 0.2) is 5.13 Å². The number of hydrogen-bond acceptors (Lipinski definition) is 5. The molecule has 1 aliphatic heterocycles. The van der Waals surface area contributed by atoms with Crippen LogP contribution in [0.1, 0.15) is 6.92 Å². The van der Waals surface area contributed by atoms with Gasteiger partial charge in [-0.05, 0) is 18.6 Å². The molecular weight excluding hydrogens is 368 g/mol. The maximum absolute atomic E-state index is 12.9. The molecule has 1 fully saturated rings. The number of para-hydroxylation sites is 1. The first-order chi connectivity index (χ1) is 13.7. The van der Waals surface area contributed by atoms with Crippen LogP contribution in [-0.2, 0) is 4.79 Å². The number of rotatable bonds is 5. The summed E-state index contributed by atoms with van der Waals surface area (Å²) in [5, 5.41) is 6.21. The van der Waals surface area contributed by atoms with Crippen molar-refractivity contribution in [2.45, 2.75) is 13.0 Å². The van der Waals surface area contributed by atoms with Gasteiger partial charge in [-0.25, -0.2) is 4.98 Å². The summed E-state index contributed by atoms with van der Waals surface area (Å²) in [6.45, 7) is 5.49. The number of nitrogens with one attached hydrogen (secondary N) is 1. The Hall–Kier alpha value is -2.70. The second-order valence-corrected chi connectivity index (χ2v) is 7.79. The van der Waals surface area contributed by atoms with Crippen molar-refractivity contribution in [1.82, 2.24) is 9.88 Å². The highest BCUT2D eigenvalue weighted by Gasteiger charge is 2.26. The maximum Gasteiger partial charge on any atom is 0.241 e. The first kappa shape index (κ1) is 18.7. The molecule has 2 heterocycles. The lowest BCUT2D eigenvalue weighted by atomic mass is 10.0. The van der Waals surface area contributed by atoms with Crippen molar-refractivity contribution in [3.8, 4) is 11.1 Å². The van der Waals surface area contributed by atoms with E-state index < -0.39 is 0 Å². The number of amides is 1. The van der Waals surface area contributed by atoms with Crippen molar-refractivity contribution >= 4 is 28.1 Å². The van der Waals surface area contributed by atoms with E-state index in [0.29, 0.717) is 0 Å². The number of piperazine rings is 1. The molecule has 3 aromatic rings. The first-order valence-electron chi connectivity index (χ1n) is 9.56. The molecule has 1 aliphatic rings. The number of nitrogens with zero attached hydrogens (tertiary/aromatic N) is 3. The minimum atomic E-state index is -0.178. The van der Waals surface area contributed by atoms with E-state index in [0.717, 1.165) is 48.1 Å². The van der Waals surface area contributed by atoms with Crippen LogP contribution in [0.4, 0.5) is 10.8 Å². The average molecular weight is 393 g/mol. The van der Waals surface area contributed by atoms with E-state index in [1.54, 1.807) is 11.3 Å². The lowest BCUT2D eigenvalue weighted by Gasteiger charge is -2.37. The highest BCUT2D eigenvalue weighted by molar-refractivity contribution is 7.13. The standard InChI is InChI=1S/C22H24N4OS/c1-17(25-12-14-26(15-13-25)22-23-11-16-28-22)21(27)24-20-10-6-5-9-19(20)18-7-3-2-4-8-18/h2-11,16-17H,12-15H2,1H3,(H,24,27)/t17-/m1/s1. The summed E-state index contributed by atoms with van der Waals surface area (Å²) in [6, 6.07) is 17.9. The van der Waals surface area contributed by atoms with Gasteiger partial charge in [-0.15, -0.1) is 11.3 Å². The number of anilines is 2. The van der Waals surface area contributed by atoms with E-state index in [1.165, 1.54) is 0 Å². The predicted molar refractivity (Wildman–Crippen MR) is 116 cm³/mol. The molecule has 1 N–H and O–H groups in total. The topological polar surface area (TPSA) is 48.5 Å². The van der Waals surface area contributed by atoms with Crippen LogP contribution in [0.2, 0.25) is 0 Å². The molecule has 0 aliphatic carbocycles. The Morgan fingerprint density at radius 2 is 1.75 bits per heavy atom. The van der Waals surface area contributed by atoms with Crippen LogP contribution in [0.25, 0.3) is 11.1 Å². The zero-order valence-corrected chi connectivity index (χ0v) is 16.7. The van der Waals surface area contributed by atoms with Crippen molar-refractivity contribution < 1.29 is 4.79 Å². The van der Waals surface area contributed by atoms with E-state index in [-0.39, 0.29) is 11.9 Å². The van der Waals surface area contributed by atoms with Crippen LogP contribution in [-0.4, -0.2) is 48.0 Å². The molecule has 0 saturated carbocycles. The minimum Gasteiger partial charge on any atom is -0.346 e. The van der Waals surface area contributed by atoms with E-state index in [4.69, 9.17) is 0 Å². The fourth-order valence-corrected chi connectivity index (χ4v) is 4.23. The average Bonchev–Trinajstić information content (AvgIpc) is 3.29. The zero-order valence-electron chi connectivity index (χ0n) is 15.9. The monoisotopic (exact) mass is 392 g/mol. The Balaban J connectivity index is 1.41. The zero-order chi connectivity index (χ0) is 19.3. The molecule has 0 unspecified atom stereocenters. The van der Waals surface area contributed by atoms with Gasteiger partial charge < -0.3 is 10.2 Å². The molecular formula is C22H24N4OS. The molecule has 1 atom stereocenters. The quantitative estimate of drug-likeness (QED) is 0.714. The Labute approximate surface area is 169 Å². The van der Waals surface area contributed by atoms with Crippen LogP contribution < -0.4 is 10.2 Å². The SMILES string of the molecule is C[C@H](C(=O)Nc1ccccc1-c1ccccc1)N1CCN(c2nccs2)CC1. The molecule has 0 spiro atoms. The third-order valence-electron chi connectivity index (χ3n) is 5.20. The number of carbonyl (C=O) groups excluding carboxylic acids is 1. The number of carbonyl (C=O) groups is 1. The van der Waals surface area contributed by atoms with Crippen LogP contribution in [0.15, 0.2) is 66.2 Å². The smallest absolute Gasteiger partial charge is 0.241 e. The Morgan fingerprint density at radius 1 is 1.04 bits per heavy atom. The van der Waals surface area contributed by atoms with Crippen molar-refractivity contribution in [1.29, 1.82) is 0 Å². The lowest BCUT2D eigenvalue weighted by Crippen LogP contribution is -2.52. The van der Waals surface area contributed by atoms with Gasteiger partial charge in [-0.1, -0.05) is 48.5 Å². The second-order valence-electron chi connectivity index (χ2n) is 6.91. The van der Waals surface area contributed by atoms with Gasteiger partial charge in [-0.3, -0.25) is 9.69 Å². The molecule has 1 aromatic heterocycles. The molecule has 144 valence electrons. The van der Waals surface area contributed by atoms with Crippen molar-refractivity contribution in [3.63, 3.8) is 0 Å². The van der Waals surface area contributed by atoms with Gasteiger partial charge in [-0.2, -0.15) is 0 Å². The second kappa shape index (κ2) is 8.54.